The third-order valence-electron chi connectivity index (χ3n) is 3.57. The summed E-state index contributed by atoms with van der Waals surface area (Å²) in [4.78, 5) is 12.1. The van der Waals surface area contributed by atoms with Gasteiger partial charge in [0.05, 0.1) is 13.7 Å². The summed E-state index contributed by atoms with van der Waals surface area (Å²) in [7, 11) is 1.60. The minimum atomic E-state index is -1.13. The van der Waals surface area contributed by atoms with Crippen LogP contribution >= 0.6 is 11.3 Å². The fourth-order valence-electron chi connectivity index (χ4n) is 2.42. The summed E-state index contributed by atoms with van der Waals surface area (Å²) in [5, 5.41) is 16.5. The Balaban J connectivity index is 1.96. The topological polar surface area (TPSA) is 67.8 Å². The minimum Gasteiger partial charge on any atom is -0.493 e. The fourth-order valence-corrected chi connectivity index (χ4v) is 3.10. The number of benzene rings is 1. The van der Waals surface area contributed by atoms with Crippen LogP contribution in [-0.4, -0.2) is 30.8 Å². The van der Waals surface area contributed by atoms with E-state index in [-0.39, 0.29) is 11.9 Å². The van der Waals surface area contributed by atoms with Crippen LogP contribution in [0.4, 0.5) is 0 Å². The summed E-state index contributed by atoms with van der Waals surface area (Å²) < 4.78 is 10.8. The first-order chi connectivity index (χ1) is 11.5. The molecule has 2 unspecified atom stereocenters. The van der Waals surface area contributed by atoms with Crippen LogP contribution in [0.2, 0.25) is 0 Å². The molecular weight excluding hydrogens is 326 g/mol. The van der Waals surface area contributed by atoms with E-state index >= 15 is 0 Å². The third-order valence-corrected chi connectivity index (χ3v) is 4.27. The van der Waals surface area contributed by atoms with E-state index in [9.17, 15) is 9.90 Å². The van der Waals surface area contributed by atoms with Gasteiger partial charge in [-0.1, -0.05) is 6.07 Å². The van der Waals surface area contributed by atoms with Crippen molar-refractivity contribution >= 4 is 17.2 Å². The second-order valence-corrected chi connectivity index (χ2v) is 6.27. The predicted octanol–water partition coefficient (Wildman–Crippen LogP) is 2.94. The van der Waals surface area contributed by atoms with E-state index in [1.807, 2.05) is 37.4 Å². The van der Waals surface area contributed by atoms with E-state index in [0.717, 1.165) is 5.56 Å². The van der Waals surface area contributed by atoms with Crippen LogP contribution in [-0.2, 0) is 11.2 Å². The van der Waals surface area contributed by atoms with Crippen LogP contribution in [0, 0.1) is 0 Å². The van der Waals surface area contributed by atoms with Gasteiger partial charge in [0.25, 0.3) is 5.91 Å². The molecule has 2 aromatic rings. The number of amides is 1. The molecule has 6 heteroatoms. The maximum Gasteiger partial charge on any atom is 0.253 e. The van der Waals surface area contributed by atoms with Crippen molar-refractivity contribution in [3.63, 3.8) is 0 Å². The molecule has 0 saturated carbocycles. The number of carbonyl (C=O) groups excluding carboxylic acids is 1. The molecule has 2 rings (SSSR count). The molecule has 0 bridgehead atoms. The summed E-state index contributed by atoms with van der Waals surface area (Å²) in [5.74, 6) is 0.985. The second-order valence-electron chi connectivity index (χ2n) is 5.49. The minimum absolute atomic E-state index is 0.117. The lowest BCUT2D eigenvalue weighted by Gasteiger charge is -2.17. The quantitative estimate of drug-likeness (QED) is 0.769. The number of aliphatic hydroxyl groups excluding tert-OH is 1. The second kappa shape index (κ2) is 8.70. The Kier molecular flexibility index (Phi) is 6.63. The summed E-state index contributed by atoms with van der Waals surface area (Å²) >= 11 is 1.45. The van der Waals surface area contributed by atoms with E-state index in [0.29, 0.717) is 30.1 Å². The van der Waals surface area contributed by atoms with E-state index in [1.54, 1.807) is 18.6 Å². The van der Waals surface area contributed by atoms with Crippen LogP contribution in [0.15, 0.2) is 35.0 Å². The van der Waals surface area contributed by atoms with Crippen molar-refractivity contribution in [2.24, 2.45) is 0 Å². The smallest absolute Gasteiger partial charge is 0.253 e. The standard InChI is InChI=1S/C18H23NO4S/c1-4-23-15-6-5-13(10-16(15)22-3)9-12(2)19-18(21)17(20)14-7-8-24-11-14/h5-8,10-12,17,20H,4,9H2,1-3H3,(H,19,21). The van der Waals surface area contributed by atoms with Gasteiger partial charge in [-0.2, -0.15) is 11.3 Å². The third kappa shape index (κ3) is 4.72. The molecule has 0 aliphatic rings. The normalized spacial score (nSPS) is 13.2. The van der Waals surface area contributed by atoms with Crippen LogP contribution in [0.1, 0.15) is 31.1 Å². The molecule has 0 saturated heterocycles. The zero-order valence-corrected chi connectivity index (χ0v) is 14.9. The monoisotopic (exact) mass is 349 g/mol. The largest absolute Gasteiger partial charge is 0.493 e. The molecule has 0 aliphatic carbocycles. The van der Waals surface area contributed by atoms with Gasteiger partial charge in [0.15, 0.2) is 17.6 Å². The number of nitrogens with one attached hydrogen (secondary N) is 1. The molecule has 2 N–H and O–H groups in total. The average molecular weight is 349 g/mol. The molecule has 1 heterocycles. The lowest BCUT2D eigenvalue weighted by Crippen LogP contribution is -2.37. The molecule has 1 aromatic heterocycles. The summed E-state index contributed by atoms with van der Waals surface area (Å²) in [6.07, 6.45) is -0.501. The first-order valence-corrected chi connectivity index (χ1v) is 8.79. The number of ether oxygens (including phenoxy) is 2. The van der Waals surface area contributed by atoms with Crippen LogP contribution in [0.3, 0.4) is 0 Å². The zero-order valence-electron chi connectivity index (χ0n) is 14.1. The van der Waals surface area contributed by atoms with Gasteiger partial charge in [0.2, 0.25) is 0 Å². The molecule has 0 aliphatic heterocycles. The molecule has 2 atom stereocenters. The molecule has 0 radical (unpaired) electrons. The van der Waals surface area contributed by atoms with E-state index in [1.165, 1.54) is 11.3 Å². The number of methoxy groups -OCH3 is 1. The predicted molar refractivity (Wildman–Crippen MR) is 94.8 cm³/mol. The van der Waals surface area contributed by atoms with E-state index in [2.05, 4.69) is 5.32 Å². The Morgan fingerprint density at radius 1 is 1.33 bits per heavy atom. The van der Waals surface area contributed by atoms with Gasteiger partial charge in [0.1, 0.15) is 0 Å². The van der Waals surface area contributed by atoms with E-state index < -0.39 is 6.10 Å². The van der Waals surface area contributed by atoms with Crippen LogP contribution in [0.25, 0.3) is 0 Å². The van der Waals surface area contributed by atoms with Crippen molar-refractivity contribution in [1.82, 2.24) is 5.32 Å². The lowest BCUT2D eigenvalue weighted by atomic mass is 10.1. The number of rotatable bonds is 8. The lowest BCUT2D eigenvalue weighted by molar-refractivity contribution is -0.130. The van der Waals surface area contributed by atoms with Crippen molar-refractivity contribution in [3.05, 3.63) is 46.2 Å². The van der Waals surface area contributed by atoms with Crippen molar-refractivity contribution in [2.45, 2.75) is 32.4 Å². The first-order valence-electron chi connectivity index (χ1n) is 7.85. The highest BCUT2D eigenvalue weighted by Gasteiger charge is 2.19. The highest BCUT2D eigenvalue weighted by molar-refractivity contribution is 7.08. The summed E-state index contributed by atoms with van der Waals surface area (Å²) in [6, 6.07) is 7.35. The molecule has 5 nitrogen and oxygen atoms in total. The molecule has 0 fully saturated rings. The Morgan fingerprint density at radius 3 is 2.75 bits per heavy atom. The Morgan fingerprint density at radius 2 is 2.12 bits per heavy atom. The van der Waals surface area contributed by atoms with Gasteiger partial charge in [-0.3, -0.25) is 4.79 Å². The molecular formula is C18H23NO4S. The Labute approximate surface area is 146 Å². The van der Waals surface area contributed by atoms with Crippen molar-refractivity contribution in [3.8, 4) is 11.5 Å². The van der Waals surface area contributed by atoms with Gasteiger partial charge in [0, 0.05) is 11.6 Å². The number of aliphatic hydroxyl groups is 1. The number of carbonyl (C=O) groups is 1. The first kappa shape index (κ1) is 18.3. The number of thiophene rings is 1. The van der Waals surface area contributed by atoms with Gasteiger partial charge >= 0.3 is 0 Å². The highest BCUT2D eigenvalue weighted by Crippen LogP contribution is 2.28. The molecule has 1 aromatic carbocycles. The molecule has 130 valence electrons. The Hall–Kier alpha value is -2.05. The van der Waals surface area contributed by atoms with Crippen molar-refractivity contribution in [2.75, 3.05) is 13.7 Å². The maximum atomic E-state index is 12.1. The van der Waals surface area contributed by atoms with Gasteiger partial charge in [-0.15, -0.1) is 0 Å². The summed E-state index contributed by atoms with van der Waals surface area (Å²) in [6.45, 7) is 4.40. The van der Waals surface area contributed by atoms with Crippen LogP contribution < -0.4 is 14.8 Å². The van der Waals surface area contributed by atoms with Crippen molar-refractivity contribution < 1.29 is 19.4 Å². The summed E-state index contributed by atoms with van der Waals surface area (Å²) in [5.41, 5.74) is 1.64. The number of hydrogen-bond donors (Lipinski definition) is 2. The average Bonchev–Trinajstić information content (AvgIpc) is 3.10. The highest BCUT2D eigenvalue weighted by atomic mass is 32.1. The van der Waals surface area contributed by atoms with Crippen LogP contribution in [0.5, 0.6) is 11.5 Å². The number of hydrogen-bond acceptors (Lipinski definition) is 5. The SMILES string of the molecule is CCOc1ccc(CC(C)NC(=O)C(O)c2ccsc2)cc1OC. The fraction of sp³-hybridized carbons (Fsp3) is 0.389. The zero-order chi connectivity index (χ0) is 17.5. The van der Waals surface area contributed by atoms with Gasteiger partial charge in [-0.05, 0) is 54.8 Å². The Bertz CT molecular complexity index is 657. The van der Waals surface area contributed by atoms with Gasteiger partial charge in [-0.25, -0.2) is 0 Å². The van der Waals surface area contributed by atoms with Gasteiger partial charge < -0.3 is 19.9 Å². The van der Waals surface area contributed by atoms with Crippen molar-refractivity contribution in [1.29, 1.82) is 0 Å². The molecule has 0 spiro atoms. The van der Waals surface area contributed by atoms with E-state index in [4.69, 9.17) is 9.47 Å². The molecule has 24 heavy (non-hydrogen) atoms. The molecule has 1 amide bonds. The maximum absolute atomic E-state index is 12.1.